The fourth-order valence-corrected chi connectivity index (χ4v) is 3.78. The molecule has 2 N–H and O–H groups in total. The third-order valence-electron chi connectivity index (χ3n) is 4.80. The zero-order valence-corrected chi connectivity index (χ0v) is 13.5. The van der Waals surface area contributed by atoms with Crippen molar-refractivity contribution in [2.75, 3.05) is 33.6 Å². The van der Waals surface area contributed by atoms with Crippen molar-refractivity contribution in [3.05, 3.63) is 12.7 Å². The SMILES string of the molecule is COCC12OC(n3cnc4c(N)ncnc43)C([C@H]1OC)N(C)C2=O. The van der Waals surface area contributed by atoms with Crippen molar-refractivity contribution < 1.29 is 19.0 Å². The third-order valence-corrected chi connectivity index (χ3v) is 4.80. The first-order valence-electron chi connectivity index (χ1n) is 7.45. The summed E-state index contributed by atoms with van der Waals surface area (Å²) < 4.78 is 18.7. The minimum absolute atomic E-state index is 0.103. The second-order valence-corrected chi connectivity index (χ2v) is 5.98. The molecule has 0 spiro atoms. The lowest BCUT2D eigenvalue weighted by Gasteiger charge is -2.34. The summed E-state index contributed by atoms with van der Waals surface area (Å²) in [6, 6.07) is -0.328. The van der Waals surface area contributed by atoms with Gasteiger partial charge in [-0.1, -0.05) is 0 Å². The van der Waals surface area contributed by atoms with Gasteiger partial charge in [0.25, 0.3) is 5.91 Å². The molecule has 4 rings (SSSR count). The van der Waals surface area contributed by atoms with Crippen LogP contribution < -0.4 is 5.73 Å². The monoisotopic (exact) mass is 334 g/mol. The highest BCUT2D eigenvalue weighted by atomic mass is 16.6. The van der Waals surface area contributed by atoms with E-state index >= 15 is 0 Å². The van der Waals surface area contributed by atoms with Crippen LogP contribution in [0.4, 0.5) is 5.82 Å². The molecule has 24 heavy (non-hydrogen) atoms. The molecule has 0 radical (unpaired) electrons. The second-order valence-electron chi connectivity index (χ2n) is 5.98. The Morgan fingerprint density at radius 1 is 1.38 bits per heavy atom. The van der Waals surface area contributed by atoms with Crippen LogP contribution in [0.2, 0.25) is 0 Å². The molecule has 2 fully saturated rings. The number of amides is 1. The molecule has 10 nitrogen and oxygen atoms in total. The number of hydrogen-bond donors (Lipinski definition) is 1. The summed E-state index contributed by atoms with van der Waals surface area (Å²) in [5, 5.41) is 0. The van der Waals surface area contributed by atoms with E-state index in [0.717, 1.165) is 0 Å². The molecule has 0 aromatic carbocycles. The van der Waals surface area contributed by atoms with E-state index in [-0.39, 0.29) is 18.6 Å². The molecule has 128 valence electrons. The summed E-state index contributed by atoms with van der Waals surface area (Å²) in [6.07, 6.45) is 1.99. The van der Waals surface area contributed by atoms with Crippen LogP contribution in [-0.4, -0.2) is 75.9 Å². The number of methoxy groups -OCH3 is 2. The van der Waals surface area contributed by atoms with Crippen LogP contribution in [0, 0.1) is 0 Å². The van der Waals surface area contributed by atoms with Gasteiger partial charge >= 0.3 is 0 Å². The van der Waals surface area contributed by atoms with Crippen LogP contribution in [0.15, 0.2) is 12.7 Å². The minimum atomic E-state index is -1.18. The zero-order chi connectivity index (χ0) is 17.1. The molecular weight excluding hydrogens is 316 g/mol. The van der Waals surface area contributed by atoms with Crippen molar-refractivity contribution in [2.45, 2.75) is 24.0 Å². The number of nitrogen functional groups attached to an aromatic ring is 1. The van der Waals surface area contributed by atoms with Gasteiger partial charge in [-0.3, -0.25) is 9.36 Å². The normalized spacial score (nSPS) is 32.2. The number of carbonyl (C=O) groups excluding carboxylic acids is 1. The fourth-order valence-electron chi connectivity index (χ4n) is 3.78. The number of aromatic nitrogens is 4. The van der Waals surface area contributed by atoms with Crippen LogP contribution >= 0.6 is 0 Å². The zero-order valence-electron chi connectivity index (χ0n) is 13.5. The molecule has 4 heterocycles. The summed E-state index contributed by atoms with van der Waals surface area (Å²) in [6.45, 7) is 0.103. The first-order chi connectivity index (χ1) is 11.5. The predicted molar refractivity (Wildman–Crippen MR) is 81.8 cm³/mol. The number of nitrogens with zero attached hydrogens (tertiary/aromatic N) is 5. The molecule has 3 unspecified atom stereocenters. The van der Waals surface area contributed by atoms with Gasteiger partial charge in [-0.05, 0) is 0 Å². The Morgan fingerprint density at radius 2 is 2.17 bits per heavy atom. The Kier molecular flexibility index (Phi) is 3.24. The van der Waals surface area contributed by atoms with Crippen molar-refractivity contribution in [3.63, 3.8) is 0 Å². The van der Waals surface area contributed by atoms with Gasteiger partial charge in [-0.25, -0.2) is 15.0 Å². The Labute approximate surface area is 137 Å². The second kappa shape index (κ2) is 5.10. The van der Waals surface area contributed by atoms with E-state index in [1.54, 1.807) is 30.0 Å². The van der Waals surface area contributed by atoms with Gasteiger partial charge in [0.2, 0.25) is 0 Å². The molecule has 1 amide bonds. The van der Waals surface area contributed by atoms with E-state index in [1.165, 1.54) is 13.4 Å². The maximum absolute atomic E-state index is 12.7. The quantitative estimate of drug-likeness (QED) is 0.770. The number of fused-ring (bicyclic) bond motifs is 3. The van der Waals surface area contributed by atoms with Crippen LogP contribution in [-0.2, 0) is 19.0 Å². The predicted octanol–water partition coefficient (Wildman–Crippen LogP) is -0.822. The van der Waals surface area contributed by atoms with Crippen molar-refractivity contribution in [2.24, 2.45) is 0 Å². The molecule has 0 aliphatic carbocycles. The van der Waals surface area contributed by atoms with E-state index in [1.807, 2.05) is 0 Å². The van der Waals surface area contributed by atoms with Crippen LogP contribution in [0.3, 0.4) is 0 Å². The van der Waals surface area contributed by atoms with Crippen LogP contribution in [0.5, 0.6) is 0 Å². The van der Waals surface area contributed by atoms with E-state index < -0.39 is 17.9 Å². The maximum atomic E-state index is 12.7. The van der Waals surface area contributed by atoms with Gasteiger partial charge in [0.15, 0.2) is 23.3 Å². The molecule has 0 saturated carbocycles. The van der Waals surface area contributed by atoms with Crippen molar-refractivity contribution in [3.8, 4) is 0 Å². The first kappa shape index (κ1) is 15.2. The third kappa shape index (κ3) is 1.70. The van der Waals surface area contributed by atoms with E-state index in [9.17, 15) is 4.79 Å². The fraction of sp³-hybridized carbons (Fsp3) is 0.571. The number of nitrogens with two attached hydrogens (primary N) is 1. The Morgan fingerprint density at radius 3 is 2.88 bits per heavy atom. The minimum Gasteiger partial charge on any atom is -0.382 e. The summed E-state index contributed by atoms with van der Waals surface area (Å²) in [5.41, 5.74) is 5.70. The van der Waals surface area contributed by atoms with Gasteiger partial charge in [-0.15, -0.1) is 0 Å². The van der Waals surface area contributed by atoms with E-state index in [2.05, 4.69) is 15.0 Å². The van der Waals surface area contributed by atoms with Gasteiger partial charge in [-0.2, -0.15) is 0 Å². The highest BCUT2D eigenvalue weighted by Crippen LogP contribution is 2.48. The number of ether oxygens (including phenoxy) is 3. The lowest BCUT2D eigenvalue weighted by atomic mass is 9.99. The smallest absolute Gasteiger partial charge is 0.260 e. The molecule has 10 heteroatoms. The van der Waals surface area contributed by atoms with Gasteiger partial charge < -0.3 is 24.8 Å². The number of rotatable bonds is 4. The Balaban J connectivity index is 1.83. The summed E-state index contributed by atoms with van der Waals surface area (Å²) in [7, 11) is 4.82. The summed E-state index contributed by atoms with van der Waals surface area (Å²) in [5.74, 6) is 0.136. The number of likely N-dealkylation sites (N-methyl/N-ethyl adjacent to an activating group) is 1. The summed E-state index contributed by atoms with van der Waals surface area (Å²) in [4.78, 5) is 26.7. The topological polar surface area (TPSA) is 118 Å². The number of hydrogen-bond acceptors (Lipinski definition) is 8. The molecule has 2 aliphatic heterocycles. The lowest BCUT2D eigenvalue weighted by Crippen LogP contribution is -2.52. The average molecular weight is 334 g/mol. The van der Waals surface area contributed by atoms with E-state index in [4.69, 9.17) is 19.9 Å². The standard InChI is InChI=1S/C14H18N6O4/c1-19-8-9(23-3)14(4-22-2,13(19)21)24-12(8)20-6-18-7-10(15)16-5-17-11(7)20/h5-6,8-9,12H,4H2,1-3H3,(H2,15,16,17)/t8?,9-,12?,14?/m1/s1. The number of morpholine rings is 1. The Bertz CT molecular complexity index is 810. The molecule has 2 aromatic heterocycles. The van der Waals surface area contributed by atoms with Crippen LogP contribution in [0.25, 0.3) is 11.2 Å². The summed E-state index contributed by atoms with van der Waals surface area (Å²) >= 11 is 0. The molecular formula is C14H18N6O4. The number of carbonyl (C=O) groups is 1. The number of likely N-dealkylation sites (tertiary alicyclic amines) is 1. The highest BCUT2D eigenvalue weighted by Gasteiger charge is 2.69. The molecule has 2 saturated heterocycles. The van der Waals surface area contributed by atoms with Gasteiger partial charge in [0.05, 0.1) is 12.9 Å². The Hall–Kier alpha value is -2.30. The maximum Gasteiger partial charge on any atom is 0.260 e. The average Bonchev–Trinajstić information content (AvgIpc) is 3.18. The highest BCUT2D eigenvalue weighted by molar-refractivity contribution is 5.90. The number of anilines is 1. The van der Waals surface area contributed by atoms with Gasteiger partial charge in [0, 0.05) is 21.3 Å². The van der Waals surface area contributed by atoms with Crippen molar-refractivity contribution >= 4 is 22.9 Å². The molecule has 2 aliphatic rings. The van der Waals surface area contributed by atoms with E-state index in [0.29, 0.717) is 17.0 Å². The van der Waals surface area contributed by atoms with Crippen LogP contribution in [0.1, 0.15) is 6.23 Å². The molecule has 2 bridgehead atoms. The van der Waals surface area contributed by atoms with Crippen molar-refractivity contribution in [1.82, 2.24) is 24.4 Å². The van der Waals surface area contributed by atoms with Gasteiger partial charge in [0.1, 0.15) is 24.0 Å². The lowest BCUT2D eigenvalue weighted by molar-refractivity contribution is -0.184. The first-order valence-corrected chi connectivity index (χ1v) is 7.45. The largest absolute Gasteiger partial charge is 0.382 e. The molecule has 4 atom stereocenters. The number of imidazole rings is 1. The molecule has 2 aromatic rings. The van der Waals surface area contributed by atoms with Crippen molar-refractivity contribution in [1.29, 1.82) is 0 Å².